The van der Waals surface area contributed by atoms with E-state index in [2.05, 4.69) is 17.2 Å². The van der Waals surface area contributed by atoms with E-state index in [1.54, 1.807) is 18.7 Å². The highest BCUT2D eigenvalue weighted by Crippen LogP contribution is 2.40. The maximum Gasteiger partial charge on any atom is 0.121 e. The van der Waals surface area contributed by atoms with Crippen molar-refractivity contribution in [1.29, 1.82) is 0 Å². The van der Waals surface area contributed by atoms with Gasteiger partial charge in [0.05, 0.1) is 0 Å². The number of aliphatic hydroxyl groups is 1. The average Bonchev–Trinajstić information content (AvgIpc) is 2.78. The number of aliphatic hydroxyl groups excluding tert-OH is 1. The van der Waals surface area contributed by atoms with Gasteiger partial charge in [-0.25, -0.2) is 0 Å². The standard InChI is InChI=1S/C17H17ClN2OS/c1-10-17(22-13-8-6-12(18)7-9-13)16-14(19-10)4-3-5-15(16)20-11(2)21/h3-9,11,19-21H,1-2H3. The van der Waals surface area contributed by atoms with Crippen LogP contribution in [0, 0.1) is 6.92 Å². The highest BCUT2D eigenvalue weighted by atomic mass is 35.5. The Morgan fingerprint density at radius 1 is 1.18 bits per heavy atom. The van der Waals surface area contributed by atoms with Gasteiger partial charge in [-0.3, -0.25) is 0 Å². The van der Waals surface area contributed by atoms with Crippen molar-refractivity contribution in [3.63, 3.8) is 0 Å². The summed E-state index contributed by atoms with van der Waals surface area (Å²) in [6.07, 6.45) is -0.603. The third-order valence-electron chi connectivity index (χ3n) is 3.35. The van der Waals surface area contributed by atoms with Crippen LogP contribution < -0.4 is 5.32 Å². The topological polar surface area (TPSA) is 48.0 Å². The number of halogens is 1. The fraction of sp³-hybridized carbons (Fsp3) is 0.176. The lowest BCUT2D eigenvalue weighted by Gasteiger charge is -2.12. The average molecular weight is 333 g/mol. The molecule has 1 atom stereocenters. The number of fused-ring (bicyclic) bond motifs is 1. The van der Waals surface area contributed by atoms with E-state index >= 15 is 0 Å². The van der Waals surface area contributed by atoms with Gasteiger partial charge in [0.1, 0.15) is 6.23 Å². The molecule has 0 aliphatic rings. The van der Waals surface area contributed by atoms with Crippen molar-refractivity contribution >= 4 is 40.0 Å². The number of aryl methyl sites for hydroxylation is 1. The van der Waals surface area contributed by atoms with Crippen LogP contribution in [-0.4, -0.2) is 16.3 Å². The van der Waals surface area contributed by atoms with Crippen LogP contribution in [0.4, 0.5) is 5.69 Å². The first-order chi connectivity index (χ1) is 10.5. The molecule has 3 nitrogen and oxygen atoms in total. The summed E-state index contributed by atoms with van der Waals surface area (Å²) in [5.74, 6) is 0. The Hall–Kier alpha value is -1.62. The molecule has 0 aliphatic carbocycles. The Morgan fingerprint density at radius 2 is 1.91 bits per heavy atom. The molecular formula is C17H17ClN2OS. The van der Waals surface area contributed by atoms with Crippen LogP contribution in [0.2, 0.25) is 5.02 Å². The number of nitrogens with one attached hydrogen (secondary N) is 2. The van der Waals surface area contributed by atoms with Crippen LogP contribution >= 0.6 is 23.4 Å². The lowest BCUT2D eigenvalue weighted by Crippen LogP contribution is -2.13. The quantitative estimate of drug-likeness (QED) is 0.587. The SMILES string of the molecule is Cc1[nH]c2cccc(NC(C)O)c2c1Sc1ccc(Cl)cc1. The van der Waals surface area contributed by atoms with Gasteiger partial charge in [-0.15, -0.1) is 0 Å². The van der Waals surface area contributed by atoms with E-state index in [0.29, 0.717) is 0 Å². The molecule has 0 bridgehead atoms. The first kappa shape index (κ1) is 15.3. The van der Waals surface area contributed by atoms with Gasteiger partial charge in [-0.2, -0.15) is 0 Å². The molecule has 0 fully saturated rings. The minimum Gasteiger partial charge on any atom is -0.374 e. The zero-order chi connectivity index (χ0) is 15.7. The third kappa shape index (κ3) is 3.09. The predicted octanol–water partition coefficient (Wildman–Crippen LogP) is 5.03. The largest absolute Gasteiger partial charge is 0.374 e. The summed E-state index contributed by atoms with van der Waals surface area (Å²) in [4.78, 5) is 5.68. The van der Waals surface area contributed by atoms with E-state index in [9.17, 15) is 5.11 Å². The van der Waals surface area contributed by atoms with Crippen LogP contribution in [0.1, 0.15) is 12.6 Å². The molecule has 0 aliphatic heterocycles. The first-order valence-electron chi connectivity index (χ1n) is 7.04. The number of benzene rings is 2. The van der Waals surface area contributed by atoms with Crippen LogP contribution in [-0.2, 0) is 0 Å². The monoisotopic (exact) mass is 332 g/mol. The van der Waals surface area contributed by atoms with Gasteiger partial charge >= 0.3 is 0 Å². The number of H-pyrrole nitrogens is 1. The lowest BCUT2D eigenvalue weighted by atomic mass is 10.2. The van der Waals surface area contributed by atoms with Crippen molar-refractivity contribution in [2.24, 2.45) is 0 Å². The van der Waals surface area contributed by atoms with E-state index < -0.39 is 6.23 Å². The van der Waals surface area contributed by atoms with Crippen LogP contribution in [0.5, 0.6) is 0 Å². The minimum absolute atomic E-state index is 0.603. The summed E-state index contributed by atoms with van der Waals surface area (Å²) < 4.78 is 0. The molecule has 3 rings (SSSR count). The number of aromatic nitrogens is 1. The summed E-state index contributed by atoms with van der Waals surface area (Å²) >= 11 is 7.64. The minimum atomic E-state index is -0.603. The summed E-state index contributed by atoms with van der Waals surface area (Å²) in [5.41, 5.74) is 3.09. The van der Waals surface area contributed by atoms with Gasteiger partial charge in [0.15, 0.2) is 0 Å². The van der Waals surface area contributed by atoms with Gasteiger partial charge in [0, 0.05) is 37.1 Å². The first-order valence-corrected chi connectivity index (χ1v) is 8.23. The normalized spacial score (nSPS) is 12.5. The Labute approximate surface area is 138 Å². The van der Waals surface area contributed by atoms with Gasteiger partial charge in [-0.05, 0) is 50.2 Å². The number of anilines is 1. The zero-order valence-corrected chi connectivity index (χ0v) is 13.9. The number of hydrogen-bond acceptors (Lipinski definition) is 3. The van der Waals surface area contributed by atoms with Crippen molar-refractivity contribution in [2.45, 2.75) is 29.9 Å². The number of rotatable bonds is 4. The van der Waals surface area contributed by atoms with Gasteiger partial charge in [0.25, 0.3) is 0 Å². The van der Waals surface area contributed by atoms with E-state index in [4.69, 9.17) is 11.6 Å². The summed E-state index contributed by atoms with van der Waals surface area (Å²) in [7, 11) is 0. The number of aromatic amines is 1. The van der Waals surface area contributed by atoms with E-state index in [1.165, 1.54) is 0 Å². The van der Waals surface area contributed by atoms with Crippen LogP contribution in [0.3, 0.4) is 0 Å². The molecule has 1 unspecified atom stereocenters. The predicted molar refractivity (Wildman–Crippen MR) is 93.9 cm³/mol. The van der Waals surface area contributed by atoms with Gasteiger partial charge in [-0.1, -0.05) is 29.4 Å². The molecule has 114 valence electrons. The Bertz CT molecular complexity index is 796. The van der Waals surface area contributed by atoms with Crippen molar-refractivity contribution in [3.8, 4) is 0 Å². The Kier molecular flexibility index (Phi) is 4.34. The maximum atomic E-state index is 9.64. The Morgan fingerprint density at radius 3 is 2.59 bits per heavy atom. The molecular weight excluding hydrogens is 316 g/mol. The van der Waals surface area contributed by atoms with Crippen molar-refractivity contribution in [2.75, 3.05) is 5.32 Å². The van der Waals surface area contributed by atoms with Crippen molar-refractivity contribution in [1.82, 2.24) is 4.98 Å². The van der Waals surface area contributed by atoms with Crippen molar-refractivity contribution < 1.29 is 5.11 Å². The van der Waals surface area contributed by atoms with Crippen molar-refractivity contribution in [3.05, 3.63) is 53.2 Å². The maximum absolute atomic E-state index is 9.64. The smallest absolute Gasteiger partial charge is 0.121 e. The molecule has 1 heterocycles. The molecule has 0 saturated carbocycles. The fourth-order valence-electron chi connectivity index (χ4n) is 2.44. The number of hydrogen-bond donors (Lipinski definition) is 3. The fourth-order valence-corrected chi connectivity index (χ4v) is 3.60. The van der Waals surface area contributed by atoms with Gasteiger partial charge in [0.2, 0.25) is 0 Å². The summed E-state index contributed by atoms with van der Waals surface area (Å²) in [6, 6.07) is 13.8. The summed E-state index contributed by atoms with van der Waals surface area (Å²) in [6.45, 7) is 3.77. The molecule has 0 radical (unpaired) electrons. The highest BCUT2D eigenvalue weighted by molar-refractivity contribution is 7.99. The molecule has 22 heavy (non-hydrogen) atoms. The second kappa shape index (κ2) is 6.24. The van der Waals surface area contributed by atoms with E-state index in [0.717, 1.165) is 37.1 Å². The third-order valence-corrected chi connectivity index (χ3v) is 4.83. The molecule has 3 aromatic rings. The summed E-state index contributed by atoms with van der Waals surface area (Å²) in [5, 5.41) is 14.6. The Balaban J connectivity index is 2.07. The second-order valence-electron chi connectivity index (χ2n) is 5.18. The molecule has 2 aromatic carbocycles. The van der Waals surface area contributed by atoms with Crippen LogP contribution in [0.15, 0.2) is 52.3 Å². The zero-order valence-electron chi connectivity index (χ0n) is 12.4. The van der Waals surface area contributed by atoms with E-state index in [1.807, 2.05) is 42.5 Å². The highest BCUT2D eigenvalue weighted by Gasteiger charge is 2.14. The molecule has 0 saturated heterocycles. The molecule has 0 spiro atoms. The lowest BCUT2D eigenvalue weighted by molar-refractivity contribution is 0.224. The second-order valence-corrected chi connectivity index (χ2v) is 6.70. The van der Waals surface area contributed by atoms with E-state index in [-0.39, 0.29) is 0 Å². The molecule has 5 heteroatoms. The molecule has 1 aromatic heterocycles. The molecule has 0 amide bonds. The van der Waals surface area contributed by atoms with Crippen LogP contribution in [0.25, 0.3) is 10.9 Å². The van der Waals surface area contributed by atoms with Gasteiger partial charge < -0.3 is 15.4 Å². The molecule has 3 N–H and O–H groups in total.